The van der Waals surface area contributed by atoms with Crippen LogP contribution in [0.15, 0.2) is 6.33 Å². The van der Waals surface area contributed by atoms with Crippen LogP contribution in [-0.2, 0) is 6.54 Å². The van der Waals surface area contributed by atoms with Gasteiger partial charge in [0, 0.05) is 17.5 Å². The Balaban J connectivity index is 2.15. The number of hydrogen-bond donors (Lipinski definition) is 0. The fourth-order valence-corrected chi connectivity index (χ4v) is 1.71. The number of aromatic nitrogens is 5. The Morgan fingerprint density at radius 3 is 2.87 bits per heavy atom. The van der Waals surface area contributed by atoms with Crippen LogP contribution < -0.4 is 0 Å². The lowest BCUT2D eigenvalue weighted by Crippen LogP contribution is -2.02. The third kappa shape index (κ3) is 2.32. The number of hydrogen-bond acceptors (Lipinski definition) is 5. The summed E-state index contributed by atoms with van der Waals surface area (Å²) in [6, 6.07) is 0. The van der Waals surface area contributed by atoms with Gasteiger partial charge in [0.15, 0.2) is 5.82 Å². The summed E-state index contributed by atoms with van der Waals surface area (Å²) >= 11 is 7.07. The van der Waals surface area contributed by atoms with Gasteiger partial charge < -0.3 is 0 Å². The van der Waals surface area contributed by atoms with Crippen molar-refractivity contribution in [3.8, 4) is 0 Å². The lowest BCUT2D eigenvalue weighted by atomic mass is 10.2. The van der Waals surface area contributed by atoms with Crippen molar-refractivity contribution in [1.29, 1.82) is 0 Å². The van der Waals surface area contributed by atoms with Crippen molar-refractivity contribution in [3.05, 3.63) is 22.2 Å². The largest absolute Gasteiger partial charge is 0.247 e. The highest BCUT2D eigenvalue weighted by Crippen LogP contribution is 2.18. The molecule has 2 rings (SSSR count). The van der Waals surface area contributed by atoms with Gasteiger partial charge in [0.25, 0.3) is 0 Å². The minimum Gasteiger partial charge on any atom is -0.247 e. The molecule has 15 heavy (non-hydrogen) atoms. The van der Waals surface area contributed by atoms with E-state index in [4.69, 9.17) is 11.6 Å². The first-order valence-corrected chi connectivity index (χ1v) is 5.68. The fraction of sp³-hybridized carbons (Fsp3) is 0.500. The molecule has 0 spiro atoms. The van der Waals surface area contributed by atoms with Gasteiger partial charge in [-0.05, 0) is 0 Å². The molecule has 0 unspecified atom stereocenters. The second-order valence-electron chi connectivity index (χ2n) is 3.45. The average molecular weight is 244 g/mol. The summed E-state index contributed by atoms with van der Waals surface area (Å²) in [6.07, 6.45) is 1.69. The molecule has 0 aliphatic heterocycles. The summed E-state index contributed by atoms with van der Waals surface area (Å²) in [6.45, 7) is 4.63. The van der Waals surface area contributed by atoms with E-state index >= 15 is 0 Å². The van der Waals surface area contributed by atoms with Gasteiger partial charge in [-0.3, -0.25) is 0 Å². The van der Waals surface area contributed by atoms with Gasteiger partial charge in [0.2, 0.25) is 0 Å². The van der Waals surface area contributed by atoms with Crippen LogP contribution >= 0.6 is 23.1 Å². The van der Waals surface area contributed by atoms with Crippen LogP contribution in [0.5, 0.6) is 0 Å². The molecule has 0 saturated heterocycles. The molecule has 0 fully saturated rings. The maximum Gasteiger partial charge on any atom is 0.153 e. The zero-order valence-corrected chi connectivity index (χ0v) is 9.96. The fourth-order valence-electron chi connectivity index (χ4n) is 1.09. The van der Waals surface area contributed by atoms with E-state index in [0.717, 1.165) is 11.5 Å². The maximum atomic E-state index is 5.89. The zero-order chi connectivity index (χ0) is 10.8. The molecular weight excluding hydrogens is 234 g/mol. The molecule has 2 aromatic rings. The van der Waals surface area contributed by atoms with Crippen LogP contribution in [0.2, 0.25) is 4.34 Å². The molecular formula is C8H10ClN5S. The number of halogens is 1. The summed E-state index contributed by atoms with van der Waals surface area (Å²) in [5.41, 5.74) is 0.738. The van der Waals surface area contributed by atoms with Crippen LogP contribution in [0, 0.1) is 0 Å². The van der Waals surface area contributed by atoms with E-state index in [1.54, 1.807) is 11.0 Å². The quantitative estimate of drug-likeness (QED) is 0.827. The molecule has 0 amide bonds. The normalized spacial score (nSPS) is 11.2. The van der Waals surface area contributed by atoms with Crippen LogP contribution in [0.1, 0.15) is 31.3 Å². The Morgan fingerprint density at radius 1 is 1.53 bits per heavy atom. The minimum atomic E-state index is 0.329. The maximum absolute atomic E-state index is 5.89. The Morgan fingerprint density at radius 2 is 2.33 bits per heavy atom. The molecule has 2 aromatic heterocycles. The van der Waals surface area contributed by atoms with Gasteiger partial charge in [0.1, 0.15) is 16.4 Å². The molecule has 80 valence electrons. The first-order chi connectivity index (χ1) is 7.16. The standard InChI is InChI=1S/C8H10ClN5S/c1-5(2)8-10-4-14(12-8)3-6-7(9)15-13-11-6/h4-5H,3H2,1-2H3. The van der Waals surface area contributed by atoms with Crippen molar-refractivity contribution >= 4 is 23.1 Å². The minimum absolute atomic E-state index is 0.329. The molecule has 7 heteroatoms. The topological polar surface area (TPSA) is 56.5 Å². The van der Waals surface area contributed by atoms with Gasteiger partial charge in [-0.15, -0.1) is 5.10 Å². The zero-order valence-electron chi connectivity index (χ0n) is 8.38. The third-order valence-corrected chi connectivity index (χ3v) is 2.88. The Kier molecular flexibility index (Phi) is 2.97. The van der Waals surface area contributed by atoms with E-state index in [1.807, 2.05) is 0 Å². The van der Waals surface area contributed by atoms with Crippen LogP contribution in [0.25, 0.3) is 0 Å². The average Bonchev–Trinajstić information content (AvgIpc) is 2.77. The highest BCUT2D eigenvalue weighted by molar-refractivity contribution is 7.10. The first kappa shape index (κ1) is 10.5. The van der Waals surface area contributed by atoms with Crippen LogP contribution in [0.4, 0.5) is 0 Å². The Hall–Kier alpha value is -1.01. The van der Waals surface area contributed by atoms with Crippen molar-refractivity contribution in [2.24, 2.45) is 0 Å². The van der Waals surface area contributed by atoms with E-state index in [1.165, 1.54) is 11.5 Å². The SMILES string of the molecule is CC(C)c1ncn(Cc2nnsc2Cl)n1. The van der Waals surface area contributed by atoms with E-state index < -0.39 is 0 Å². The molecule has 0 aromatic carbocycles. The molecule has 0 bridgehead atoms. The summed E-state index contributed by atoms with van der Waals surface area (Å²) in [4.78, 5) is 4.19. The molecule has 2 heterocycles. The number of rotatable bonds is 3. The smallest absolute Gasteiger partial charge is 0.153 e. The Bertz CT molecular complexity index is 449. The first-order valence-electron chi connectivity index (χ1n) is 4.53. The third-order valence-electron chi connectivity index (χ3n) is 1.89. The predicted octanol–water partition coefficient (Wildman–Crippen LogP) is 1.95. The van der Waals surface area contributed by atoms with Crippen molar-refractivity contribution in [2.75, 3.05) is 0 Å². The van der Waals surface area contributed by atoms with E-state index in [9.17, 15) is 0 Å². The second kappa shape index (κ2) is 4.24. The van der Waals surface area contributed by atoms with E-state index in [-0.39, 0.29) is 0 Å². The van der Waals surface area contributed by atoms with Gasteiger partial charge in [-0.1, -0.05) is 29.9 Å². The van der Waals surface area contributed by atoms with Crippen molar-refractivity contribution in [2.45, 2.75) is 26.3 Å². The Labute approximate surface area is 96.3 Å². The van der Waals surface area contributed by atoms with E-state index in [0.29, 0.717) is 16.8 Å². The molecule has 0 saturated carbocycles. The summed E-state index contributed by atoms with van der Waals surface area (Å²) in [5.74, 6) is 1.16. The van der Waals surface area contributed by atoms with E-state index in [2.05, 4.69) is 33.5 Å². The van der Waals surface area contributed by atoms with Gasteiger partial charge >= 0.3 is 0 Å². The molecule has 0 N–H and O–H groups in total. The lowest BCUT2D eigenvalue weighted by molar-refractivity contribution is 0.645. The van der Waals surface area contributed by atoms with Crippen molar-refractivity contribution < 1.29 is 0 Å². The van der Waals surface area contributed by atoms with Crippen molar-refractivity contribution in [3.63, 3.8) is 0 Å². The summed E-state index contributed by atoms with van der Waals surface area (Å²) in [5, 5.41) is 8.22. The number of nitrogens with zero attached hydrogens (tertiary/aromatic N) is 5. The molecule has 5 nitrogen and oxygen atoms in total. The second-order valence-corrected chi connectivity index (χ2v) is 4.80. The van der Waals surface area contributed by atoms with Gasteiger partial charge in [0.05, 0.1) is 6.54 Å². The van der Waals surface area contributed by atoms with Gasteiger partial charge in [-0.25, -0.2) is 9.67 Å². The lowest BCUT2D eigenvalue weighted by Gasteiger charge is -1.97. The highest BCUT2D eigenvalue weighted by atomic mass is 35.5. The van der Waals surface area contributed by atoms with Crippen molar-refractivity contribution in [1.82, 2.24) is 24.4 Å². The predicted molar refractivity (Wildman–Crippen MR) is 58.1 cm³/mol. The highest BCUT2D eigenvalue weighted by Gasteiger charge is 2.09. The van der Waals surface area contributed by atoms with Crippen LogP contribution in [0.3, 0.4) is 0 Å². The monoisotopic (exact) mass is 243 g/mol. The van der Waals surface area contributed by atoms with Gasteiger partial charge in [-0.2, -0.15) is 5.10 Å². The molecule has 0 aliphatic rings. The molecule has 0 radical (unpaired) electrons. The molecule has 0 aliphatic carbocycles. The summed E-state index contributed by atoms with van der Waals surface area (Å²) in [7, 11) is 0. The van der Waals surface area contributed by atoms with Crippen LogP contribution in [-0.4, -0.2) is 24.4 Å². The summed E-state index contributed by atoms with van der Waals surface area (Å²) < 4.78 is 6.09. The molecule has 0 atom stereocenters.